The van der Waals surface area contributed by atoms with Crippen LogP contribution in [0.15, 0.2) is 48.5 Å². The molecule has 0 saturated heterocycles. The average Bonchev–Trinajstić information content (AvgIpc) is 2.60. The molecule has 0 aromatic heterocycles. The normalized spacial score (nSPS) is 11.4. The number of ether oxygens (including phenoxy) is 1. The third-order valence-corrected chi connectivity index (χ3v) is 3.88. The van der Waals surface area contributed by atoms with E-state index >= 15 is 0 Å². The minimum atomic E-state index is -4.66. The minimum absolute atomic E-state index is 0.126. The zero-order valence-corrected chi connectivity index (χ0v) is 15.0. The highest BCUT2D eigenvalue weighted by molar-refractivity contribution is 6.32. The topological polar surface area (TPSA) is 55.4 Å². The first kappa shape index (κ1) is 20.8. The van der Waals surface area contributed by atoms with Crippen LogP contribution < -0.4 is 5.32 Å². The molecule has 0 atom stereocenters. The number of carbonyl (C=O) groups excluding carboxylic acids is 2. The van der Waals surface area contributed by atoms with Gasteiger partial charge in [0.05, 0.1) is 10.6 Å². The van der Waals surface area contributed by atoms with E-state index in [9.17, 15) is 22.8 Å². The molecule has 0 radical (unpaired) electrons. The van der Waals surface area contributed by atoms with Crippen LogP contribution in [0, 0.1) is 0 Å². The lowest BCUT2D eigenvalue weighted by Crippen LogP contribution is -2.20. The van der Waals surface area contributed by atoms with E-state index in [1.165, 1.54) is 12.1 Å². The lowest BCUT2D eigenvalue weighted by molar-refractivity contribution is -0.142. The van der Waals surface area contributed by atoms with Gasteiger partial charge in [0.2, 0.25) is 0 Å². The number of hydrogen-bond donors (Lipinski definition) is 1. The Hall–Kier alpha value is -2.51. The fourth-order valence-corrected chi connectivity index (χ4v) is 2.39. The molecular weight excluding hydrogens is 406 g/mol. The molecule has 27 heavy (non-hydrogen) atoms. The number of anilines is 1. The van der Waals surface area contributed by atoms with Gasteiger partial charge in [0, 0.05) is 16.8 Å². The summed E-state index contributed by atoms with van der Waals surface area (Å²) in [5, 5.41) is 2.14. The predicted molar refractivity (Wildman–Crippen MR) is 96.5 cm³/mol. The molecule has 1 N–H and O–H groups in total. The van der Waals surface area contributed by atoms with Crippen molar-refractivity contribution in [3.05, 3.63) is 69.7 Å². The van der Waals surface area contributed by atoms with Gasteiger partial charge in [0.1, 0.15) is 0 Å². The Kier molecular flexibility index (Phi) is 6.87. The van der Waals surface area contributed by atoms with E-state index in [1.54, 1.807) is 24.3 Å². The second-order valence-corrected chi connectivity index (χ2v) is 6.02. The van der Waals surface area contributed by atoms with Crippen molar-refractivity contribution < 1.29 is 27.5 Å². The summed E-state index contributed by atoms with van der Waals surface area (Å²) >= 11 is 11.4. The van der Waals surface area contributed by atoms with Crippen LogP contribution in [0.4, 0.5) is 18.9 Å². The van der Waals surface area contributed by atoms with Crippen molar-refractivity contribution in [1.29, 1.82) is 0 Å². The van der Waals surface area contributed by atoms with E-state index in [0.717, 1.165) is 12.1 Å². The Morgan fingerprint density at radius 1 is 1.07 bits per heavy atom. The molecule has 2 rings (SSSR count). The van der Waals surface area contributed by atoms with Gasteiger partial charge in [-0.3, -0.25) is 4.79 Å². The molecule has 0 aliphatic heterocycles. The van der Waals surface area contributed by atoms with E-state index in [0.29, 0.717) is 16.7 Å². The van der Waals surface area contributed by atoms with Crippen LogP contribution in [0.3, 0.4) is 0 Å². The zero-order chi connectivity index (χ0) is 20.0. The average molecular weight is 418 g/mol. The quantitative estimate of drug-likeness (QED) is 0.536. The highest BCUT2D eigenvalue weighted by Crippen LogP contribution is 2.36. The molecule has 0 bridgehead atoms. The van der Waals surface area contributed by atoms with Crippen molar-refractivity contribution in [2.45, 2.75) is 6.18 Å². The van der Waals surface area contributed by atoms with Gasteiger partial charge >= 0.3 is 12.1 Å². The van der Waals surface area contributed by atoms with E-state index in [4.69, 9.17) is 27.9 Å². The number of benzene rings is 2. The molecule has 142 valence electrons. The summed E-state index contributed by atoms with van der Waals surface area (Å²) in [7, 11) is 0. The third-order valence-electron chi connectivity index (χ3n) is 3.21. The van der Waals surface area contributed by atoms with Crippen LogP contribution in [0.25, 0.3) is 6.08 Å². The molecule has 0 aliphatic carbocycles. The molecule has 0 heterocycles. The van der Waals surface area contributed by atoms with Crippen LogP contribution in [0.1, 0.15) is 11.1 Å². The summed E-state index contributed by atoms with van der Waals surface area (Å²) in [6.45, 7) is -0.671. The van der Waals surface area contributed by atoms with E-state index < -0.39 is 35.2 Å². The van der Waals surface area contributed by atoms with Gasteiger partial charge < -0.3 is 10.1 Å². The summed E-state index contributed by atoms with van der Waals surface area (Å²) in [5.74, 6) is -1.61. The summed E-state index contributed by atoms with van der Waals surface area (Å²) in [4.78, 5) is 23.4. The summed E-state index contributed by atoms with van der Waals surface area (Å²) in [6.07, 6.45) is -2.16. The number of halogens is 5. The van der Waals surface area contributed by atoms with Crippen molar-refractivity contribution in [1.82, 2.24) is 0 Å². The van der Waals surface area contributed by atoms with Crippen LogP contribution in [0.5, 0.6) is 0 Å². The summed E-state index contributed by atoms with van der Waals surface area (Å²) < 4.78 is 43.1. The Morgan fingerprint density at radius 3 is 2.44 bits per heavy atom. The number of nitrogens with one attached hydrogen (secondary N) is 1. The van der Waals surface area contributed by atoms with Crippen LogP contribution in [0.2, 0.25) is 10.0 Å². The molecule has 9 heteroatoms. The Bertz CT molecular complexity index is 882. The summed E-state index contributed by atoms with van der Waals surface area (Å²) in [5.41, 5.74) is -0.623. The Balaban J connectivity index is 1.91. The predicted octanol–water partition coefficient (Wildman–Crippen LogP) is 5.21. The maximum Gasteiger partial charge on any atom is 0.417 e. The van der Waals surface area contributed by atoms with Crippen molar-refractivity contribution in [2.24, 2.45) is 0 Å². The lowest BCUT2D eigenvalue weighted by Gasteiger charge is -2.11. The lowest BCUT2D eigenvalue weighted by atomic mass is 10.2. The molecule has 0 spiro atoms. The second kappa shape index (κ2) is 8.92. The van der Waals surface area contributed by atoms with Crippen molar-refractivity contribution in [2.75, 3.05) is 11.9 Å². The van der Waals surface area contributed by atoms with Crippen LogP contribution in [-0.4, -0.2) is 18.5 Å². The van der Waals surface area contributed by atoms with Crippen molar-refractivity contribution in [3.8, 4) is 0 Å². The number of rotatable bonds is 5. The first-order valence-electron chi connectivity index (χ1n) is 7.43. The first-order chi connectivity index (χ1) is 12.7. The maximum absolute atomic E-state index is 12.8. The van der Waals surface area contributed by atoms with Crippen LogP contribution in [-0.2, 0) is 20.5 Å². The Morgan fingerprint density at radius 2 is 1.78 bits per heavy atom. The van der Waals surface area contributed by atoms with Gasteiger partial charge in [-0.25, -0.2) is 4.79 Å². The van der Waals surface area contributed by atoms with Gasteiger partial charge in [-0.05, 0) is 35.9 Å². The SMILES string of the molecule is O=C(COC(=O)C=Cc1ccccc1Cl)Nc1ccc(Cl)c(C(F)(F)F)c1. The van der Waals surface area contributed by atoms with Crippen LogP contribution >= 0.6 is 23.2 Å². The van der Waals surface area contributed by atoms with Crippen molar-refractivity contribution >= 4 is 46.8 Å². The van der Waals surface area contributed by atoms with Gasteiger partial charge in [-0.1, -0.05) is 41.4 Å². The Labute approximate surface area is 162 Å². The monoisotopic (exact) mass is 417 g/mol. The van der Waals surface area contributed by atoms with E-state index in [1.807, 2.05) is 0 Å². The zero-order valence-electron chi connectivity index (χ0n) is 13.5. The maximum atomic E-state index is 12.8. The highest BCUT2D eigenvalue weighted by Gasteiger charge is 2.33. The minimum Gasteiger partial charge on any atom is -0.452 e. The molecule has 1 amide bonds. The fourth-order valence-electron chi connectivity index (χ4n) is 1.97. The largest absolute Gasteiger partial charge is 0.452 e. The number of amides is 1. The fraction of sp³-hybridized carbons (Fsp3) is 0.111. The number of carbonyl (C=O) groups is 2. The molecule has 4 nitrogen and oxygen atoms in total. The molecule has 0 aliphatic rings. The number of hydrogen-bond acceptors (Lipinski definition) is 3. The highest BCUT2D eigenvalue weighted by atomic mass is 35.5. The van der Waals surface area contributed by atoms with Gasteiger partial charge in [-0.2, -0.15) is 13.2 Å². The molecular formula is C18H12Cl2F3NO3. The molecule has 0 saturated carbocycles. The number of alkyl halides is 3. The molecule has 2 aromatic rings. The molecule has 2 aromatic carbocycles. The summed E-state index contributed by atoms with van der Waals surface area (Å²) in [6, 6.07) is 9.68. The van der Waals surface area contributed by atoms with Crippen molar-refractivity contribution in [3.63, 3.8) is 0 Å². The van der Waals surface area contributed by atoms with Gasteiger partial charge in [0.15, 0.2) is 6.61 Å². The van der Waals surface area contributed by atoms with E-state index in [-0.39, 0.29) is 5.69 Å². The number of esters is 1. The second-order valence-electron chi connectivity index (χ2n) is 5.20. The van der Waals surface area contributed by atoms with Gasteiger partial charge in [-0.15, -0.1) is 0 Å². The smallest absolute Gasteiger partial charge is 0.417 e. The molecule has 0 fully saturated rings. The molecule has 0 unspecified atom stereocenters. The third kappa shape index (κ3) is 6.30. The standard InChI is InChI=1S/C18H12Cl2F3NO3/c19-14-4-2-1-3-11(14)5-8-17(26)27-10-16(25)24-12-6-7-15(20)13(9-12)18(21,22)23/h1-9H,10H2,(H,24,25). The van der Waals surface area contributed by atoms with Gasteiger partial charge in [0.25, 0.3) is 5.91 Å². The van der Waals surface area contributed by atoms with E-state index in [2.05, 4.69) is 5.32 Å². The first-order valence-corrected chi connectivity index (χ1v) is 8.18.